The molecule has 3 N–H and O–H groups in total. The van der Waals surface area contributed by atoms with Gasteiger partial charge in [-0.15, -0.1) is 0 Å². The fourth-order valence-corrected chi connectivity index (χ4v) is 2.46. The van der Waals surface area contributed by atoms with Crippen LogP contribution >= 0.6 is 0 Å². The Morgan fingerprint density at radius 2 is 2.05 bits per heavy atom. The van der Waals surface area contributed by atoms with Crippen LogP contribution in [0.25, 0.3) is 5.69 Å². The van der Waals surface area contributed by atoms with Crippen molar-refractivity contribution in [2.24, 2.45) is 0 Å². The fraction of sp³-hybridized carbons (Fsp3) is 0.471. The molecule has 21 heavy (non-hydrogen) atoms. The summed E-state index contributed by atoms with van der Waals surface area (Å²) in [5, 5.41) is 14.6. The molecule has 4 heteroatoms. The van der Waals surface area contributed by atoms with E-state index in [0.717, 1.165) is 29.8 Å². The number of nitrogens with two attached hydrogens (primary N) is 1. The molecule has 0 aliphatic rings. The normalized spacial score (nSPS) is 11.9. The number of benzene rings is 1. The summed E-state index contributed by atoms with van der Waals surface area (Å²) in [7, 11) is 0. The molecule has 0 bridgehead atoms. The molecule has 4 nitrogen and oxygen atoms in total. The second-order valence-electron chi connectivity index (χ2n) is 6.28. The zero-order valence-electron chi connectivity index (χ0n) is 13.3. The van der Waals surface area contributed by atoms with Crippen molar-refractivity contribution in [3.8, 4) is 5.69 Å². The summed E-state index contributed by atoms with van der Waals surface area (Å²) in [4.78, 5) is 0. The molecule has 1 aromatic carbocycles. The zero-order valence-corrected chi connectivity index (χ0v) is 13.3. The van der Waals surface area contributed by atoms with Crippen molar-refractivity contribution < 1.29 is 5.11 Å². The first-order valence-electron chi connectivity index (χ1n) is 7.47. The average molecular weight is 287 g/mol. The predicted octanol–water partition coefficient (Wildman–Crippen LogP) is 3.03. The Bertz CT molecular complexity index is 623. The second kappa shape index (κ2) is 5.90. The van der Waals surface area contributed by atoms with Gasteiger partial charge in [-0.3, -0.25) is 0 Å². The van der Waals surface area contributed by atoms with Crippen LogP contribution in [0.4, 0.5) is 5.82 Å². The molecule has 0 fully saturated rings. The second-order valence-corrected chi connectivity index (χ2v) is 6.28. The summed E-state index contributed by atoms with van der Waals surface area (Å²) >= 11 is 0. The molecule has 0 atom stereocenters. The van der Waals surface area contributed by atoms with E-state index in [1.54, 1.807) is 18.5 Å². The highest BCUT2D eigenvalue weighted by Gasteiger charge is 2.20. The SMILES string of the molecule is CCCc1cccc(-n2nc(CC(C)(C)O)c(C)c2N)c1. The van der Waals surface area contributed by atoms with Gasteiger partial charge in [0.05, 0.1) is 17.0 Å². The van der Waals surface area contributed by atoms with E-state index >= 15 is 0 Å². The molecular formula is C17H25N3O. The molecule has 0 aliphatic heterocycles. The number of nitrogens with zero attached hydrogens (tertiary/aromatic N) is 2. The van der Waals surface area contributed by atoms with Crippen molar-refractivity contribution in [3.63, 3.8) is 0 Å². The summed E-state index contributed by atoms with van der Waals surface area (Å²) in [6, 6.07) is 8.29. The van der Waals surface area contributed by atoms with Crippen molar-refractivity contribution >= 4 is 5.82 Å². The van der Waals surface area contributed by atoms with Gasteiger partial charge in [-0.1, -0.05) is 25.5 Å². The molecule has 1 heterocycles. The fourth-order valence-electron chi connectivity index (χ4n) is 2.46. The largest absolute Gasteiger partial charge is 0.390 e. The lowest BCUT2D eigenvalue weighted by Gasteiger charge is -2.15. The van der Waals surface area contributed by atoms with E-state index < -0.39 is 5.60 Å². The number of anilines is 1. The third-order valence-corrected chi connectivity index (χ3v) is 3.56. The van der Waals surface area contributed by atoms with E-state index in [2.05, 4.69) is 24.2 Å². The Morgan fingerprint density at radius 3 is 2.67 bits per heavy atom. The van der Waals surface area contributed by atoms with Gasteiger partial charge in [0, 0.05) is 12.0 Å². The molecule has 114 valence electrons. The summed E-state index contributed by atoms with van der Waals surface area (Å²) < 4.78 is 1.77. The lowest BCUT2D eigenvalue weighted by Crippen LogP contribution is -2.22. The third-order valence-electron chi connectivity index (χ3n) is 3.56. The van der Waals surface area contributed by atoms with Crippen molar-refractivity contribution in [1.29, 1.82) is 0 Å². The minimum atomic E-state index is -0.791. The van der Waals surface area contributed by atoms with Crippen LogP contribution in [0.15, 0.2) is 24.3 Å². The highest BCUT2D eigenvalue weighted by Crippen LogP contribution is 2.24. The number of aryl methyl sites for hydroxylation is 1. The van der Waals surface area contributed by atoms with Gasteiger partial charge in [0.15, 0.2) is 0 Å². The van der Waals surface area contributed by atoms with E-state index in [-0.39, 0.29) is 0 Å². The molecule has 0 spiro atoms. The van der Waals surface area contributed by atoms with Crippen LogP contribution in [-0.4, -0.2) is 20.5 Å². The summed E-state index contributed by atoms with van der Waals surface area (Å²) in [5.41, 5.74) is 9.46. The molecule has 0 aliphatic carbocycles. The van der Waals surface area contributed by atoms with Crippen LogP contribution in [-0.2, 0) is 12.8 Å². The van der Waals surface area contributed by atoms with Gasteiger partial charge < -0.3 is 10.8 Å². The smallest absolute Gasteiger partial charge is 0.130 e. The molecule has 0 radical (unpaired) electrons. The minimum absolute atomic E-state index is 0.491. The van der Waals surface area contributed by atoms with Crippen molar-refractivity contribution in [3.05, 3.63) is 41.1 Å². The van der Waals surface area contributed by atoms with E-state index in [1.165, 1.54) is 5.56 Å². The van der Waals surface area contributed by atoms with Crippen molar-refractivity contribution in [2.75, 3.05) is 5.73 Å². The maximum Gasteiger partial charge on any atom is 0.130 e. The minimum Gasteiger partial charge on any atom is -0.390 e. The van der Waals surface area contributed by atoms with Gasteiger partial charge in [-0.05, 0) is 44.9 Å². The highest BCUT2D eigenvalue weighted by atomic mass is 16.3. The Hall–Kier alpha value is -1.81. The van der Waals surface area contributed by atoms with Gasteiger partial charge >= 0.3 is 0 Å². The lowest BCUT2D eigenvalue weighted by atomic mass is 10.0. The molecule has 0 unspecified atom stereocenters. The number of hydrogen-bond donors (Lipinski definition) is 2. The maximum atomic E-state index is 9.99. The summed E-state index contributed by atoms with van der Waals surface area (Å²) in [5.74, 6) is 0.642. The lowest BCUT2D eigenvalue weighted by molar-refractivity contribution is 0.0797. The summed E-state index contributed by atoms with van der Waals surface area (Å²) in [6.07, 6.45) is 2.65. The van der Waals surface area contributed by atoms with Gasteiger partial charge in [-0.2, -0.15) is 5.10 Å². The first kappa shape index (κ1) is 15.6. The average Bonchev–Trinajstić information content (AvgIpc) is 2.66. The first-order chi connectivity index (χ1) is 9.81. The van der Waals surface area contributed by atoms with Gasteiger partial charge in [0.2, 0.25) is 0 Å². The van der Waals surface area contributed by atoms with Crippen LogP contribution in [0, 0.1) is 6.92 Å². The van der Waals surface area contributed by atoms with E-state index in [0.29, 0.717) is 12.2 Å². The van der Waals surface area contributed by atoms with Gasteiger partial charge in [0.1, 0.15) is 5.82 Å². The van der Waals surface area contributed by atoms with Crippen LogP contribution in [0.2, 0.25) is 0 Å². The zero-order chi connectivity index (χ0) is 15.6. The molecule has 1 aromatic heterocycles. The number of aliphatic hydroxyl groups is 1. The maximum absolute atomic E-state index is 9.99. The third kappa shape index (κ3) is 3.64. The monoisotopic (exact) mass is 287 g/mol. The number of nitrogen functional groups attached to an aromatic ring is 1. The molecule has 0 amide bonds. The topological polar surface area (TPSA) is 64.1 Å². The van der Waals surface area contributed by atoms with Gasteiger partial charge in [0.25, 0.3) is 0 Å². The first-order valence-corrected chi connectivity index (χ1v) is 7.47. The quantitative estimate of drug-likeness (QED) is 0.888. The number of rotatable bonds is 5. The van der Waals surface area contributed by atoms with Crippen LogP contribution in [0.5, 0.6) is 0 Å². The van der Waals surface area contributed by atoms with Gasteiger partial charge in [-0.25, -0.2) is 4.68 Å². The molecule has 0 saturated carbocycles. The molecule has 2 rings (SSSR count). The predicted molar refractivity (Wildman–Crippen MR) is 86.7 cm³/mol. The van der Waals surface area contributed by atoms with E-state index in [1.807, 2.05) is 19.1 Å². The molecule has 2 aromatic rings. The van der Waals surface area contributed by atoms with Crippen LogP contribution < -0.4 is 5.73 Å². The van der Waals surface area contributed by atoms with Crippen LogP contribution in [0.3, 0.4) is 0 Å². The standard InChI is InChI=1S/C17H25N3O/c1-5-7-13-8-6-9-14(10-13)20-16(18)12(2)15(19-20)11-17(3,4)21/h6,8-10,21H,5,7,11,18H2,1-4H3. The van der Waals surface area contributed by atoms with E-state index in [9.17, 15) is 5.11 Å². The van der Waals surface area contributed by atoms with E-state index in [4.69, 9.17) is 5.73 Å². The highest BCUT2D eigenvalue weighted by molar-refractivity contribution is 5.50. The Kier molecular flexibility index (Phi) is 4.37. The Morgan fingerprint density at radius 1 is 1.33 bits per heavy atom. The summed E-state index contributed by atoms with van der Waals surface area (Å²) in [6.45, 7) is 7.68. The van der Waals surface area contributed by atoms with Crippen LogP contribution in [0.1, 0.15) is 44.0 Å². The number of aromatic nitrogens is 2. The Labute approximate surface area is 126 Å². The number of hydrogen-bond acceptors (Lipinski definition) is 3. The van der Waals surface area contributed by atoms with Crippen molar-refractivity contribution in [2.45, 2.75) is 52.6 Å². The molecule has 0 saturated heterocycles. The Balaban J connectivity index is 2.40. The molecular weight excluding hydrogens is 262 g/mol. The van der Waals surface area contributed by atoms with Crippen molar-refractivity contribution in [1.82, 2.24) is 9.78 Å².